The number of aryl methyl sites for hydroxylation is 2. The van der Waals surface area contributed by atoms with Crippen LogP contribution >= 0.6 is 11.3 Å². The van der Waals surface area contributed by atoms with Crippen LogP contribution in [0.15, 0.2) is 12.3 Å². The first-order chi connectivity index (χ1) is 9.67. The van der Waals surface area contributed by atoms with E-state index in [4.69, 9.17) is 0 Å². The van der Waals surface area contributed by atoms with E-state index in [9.17, 15) is 4.79 Å². The Morgan fingerprint density at radius 3 is 3.15 bits per heavy atom. The second kappa shape index (κ2) is 5.40. The van der Waals surface area contributed by atoms with Gasteiger partial charge in [-0.25, -0.2) is 0 Å². The molecular formula is C15H19N3OS. The van der Waals surface area contributed by atoms with Crippen molar-refractivity contribution in [3.63, 3.8) is 0 Å². The summed E-state index contributed by atoms with van der Waals surface area (Å²) < 4.78 is 0. The van der Waals surface area contributed by atoms with Crippen LogP contribution in [0.2, 0.25) is 0 Å². The van der Waals surface area contributed by atoms with E-state index in [1.165, 1.54) is 23.3 Å². The van der Waals surface area contributed by atoms with Crippen molar-refractivity contribution < 1.29 is 4.79 Å². The van der Waals surface area contributed by atoms with Gasteiger partial charge in [-0.15, -0.1) is 11.3 Å². The maximum absolute atomic E-state index is 12.3. The fourth-order valence-corrected chi connectivity index (χ4v) is 3.81. The molecule has 4 nitrogen and oxygen atoms in total. The Morgan fingerprint density at radius 1 is 1.60 bits per heavy atom. The molecule has 1 unspecified atom stereocenters. The fourth-order valence-electron chi connectivity index (χ4n) is 2.71. The molecule has 1 aliphatic carbocycles. The predicted molar refractivity (Wildman–Crippen MR) is 81.4 cm³/mol. The molecule has 2 N–H and O–H groups in total. The smallest absolute Gasteiger partial charge is 0.266 e. The summed E-state index contributed by atoms with van der Waals surface area (Å²) in [5.41, 5.74) is 2.32. The number of hydrogen-bond donors (Lipinski definition) is 2. The summed E-state index contributed by atoms with van der Waals surface area (Å²) in [7, 11) is 0. The zero-order valence-corrected chi connectivity index (χ0v) is 12.6. The number of aromatic amines is 1. The minimum atomic E-state index is -0.0372. The highest BCUT2D eigenvalue weighted by Crippen LogP contribution is 2.33. The minimum absolute atomic E-state index is 0.0372. The van der Waals surface area contributed by atoms with E-state index in [-0.39, 0.29) is 5.91 Å². The Labute approximate surface area is 122 Å². The number of carbonyl (C=O) groups is 1. The van der Waals surface area contributed by atoms with Crippen LogP contribution in [0, 0.1) is 12.8 Å². The summed E-state index contributed by atoms with van der Waals surface area (Å²) in [6, 6.07) is 2.07. The van der Waals surface area contributed by atoms with Gasteiger partial charge in [-0.2, -0.15) is 5.10 Å². The van der Waals surface area contributed by atoms with Crippen LogP contribution in [0.3, 0.4) is 0 Å². The van der Waals surface area contributed by atoms with Gasteiger partial charge in [-0.1, -0.05) is 13.3 Å². The molecule has 0 aliphatic heterocycles. The number of nitrogens with zero attached hydrogens (tertiary/aromatic N) is 1. The van der Waals surface area contributed by atoms with Gasteiger partial charge in [0.25, 0.3) is 5.91 Å². The molecule has 0 bridgehead atoms. The van der Waals surface area contributed by atoms with Crippen molar-refractivity contribution in [1.82, 2.24) is 10.2 Å². The van der Waals surface area contributed by atoms with Crippen LogP contribution in [-0.2, 0) is 12.8 Å². The predicted octanol–water partition coefficient (Wildman–Crippen LogP) is 3.55. The van der Waals surface area contributed by atoms with Crippen molar-refractivity contribution in [3.8, 4) is 0 Å². The van der Waals surface area contributed by atoms with Crippen LogP contribution < -0.4 is 5.32 Å². The summed E-state index contributed by atoms with van der Waals surface area (Å²) in [4.78, 5) is 14.5. The average Bonchev–Trinajstić information content (AvgIpc) is 3.04. The van der Waals surface area contributed by atoms with Crippen molar-refractivity contribution in [2.24, 2.45) is 5.92 Å². The molecule has 1 atom stereocenters. The van der Waals surface area contributed by atoms with Gasteiger partial charge in [0.05, 0.1) is 11.1 Å². The number of fused-ring (bicyclic) bond motifs is 1. The van der Waals surface area contributed by atoms with Gasteiger partial charge >= 0.3 is 0 Å². The summed E-state index contributed by atoms with van der Waals surface area (Å²) in [5, 5.41) is 9.62. The third-order valence-corrected chi connectivity index (χ3v) is 5.29. The molecule has 1 aliphatic rings. The highest BCUT2D eigenvalue weighted by Gasteiger charge is 2.22. The highest BCUT2D eigenvalue weighted by atomic mass is 32.1. The molecule has 2 aromatic heterocycles. The lowest BCUT2D eigenvalue weighted by molar-refractivity contribution is 0.103. The van der Waals surface area contributed by atoms with E-state index < -0.39 is 0 Å². The number of nitrogens with one attached hydrogen (secondary N) is 2. The van der Waals surface area contributed by atoms with Crippen LogP contribution in [0.25, 0.3) is 0 Å². The summed E-state index contributed by atoms with van der Waals surface area (Å²) in [6.07, 6.45) is 6.43. The first-order valence-electron chi connectivity index (χ1n) is 7.10. The average molecular weight is 289 g/mol. The maximum atomic E-state index is 12.3. The Hall–Kier alpha value is -1.62. The fraction of sp³-hybridized carbons (Fsp3) is 0.467. The zero-order chi connectivity index (χ0) is 14.1. The Bertz CT molecular complexity index is 629. The van der Waals surface area contributed by atoms with Gasteiger partial charge in [-0.3, -0.25) is 9.89 Å². The molecule has 0 fully saturated rings. The van der Waals surface area contributed by atoms with Crippen LogP contribution in [0.4, 0.5) is 5.82 Å². The lowest BCUT2D eigenvalue weighted by atomic mass is 9.87. The molecule has 3 rings (SSSR count). The molecular weight excluding hydrogens is 270 g/mol. The number of thiophene rings is 1. The molecule has 20 heavy (non-hydrogen) atoms. The van der Waals surface area contributed by atoms with Gasteiger partial charge < -0.3 is 5.32 Å². The van der Waals surface area contributed by atoms with Crippen molar-refractivity contribution in [1.29, 1.82) is 0 Å². The van der Waals surface area contributed by atoms with Gasteiger partial charge in [-0.05, 0) is 43.7 Å². The van der Waals surface area contributed by atoms with Crippen molar-refractivity contribution >= 4 is 23.1 Å². The van der Waals surface area contributed by atoms with Gasteiger partial charge in [0.1, 0.15) is 5.82 Å². The third kappa shape index (κ3) is 2.50. The number of hydrogen-bond acceptors (Lipinski definition) is 3. The molecule has 2 heterocycles. The van der Waals surface area contributed by atoms with E-state index >= 15 is 0 Å². The molecule has 5 heteroatoms. The second-order valence-electron chi connectivity index (χ2n) is 5.46. The number of amides is 1. The summed E-state index contributed by atoms with van der Waals surface area (Å²) >= 11 is 1.64. The van der Waals surface area contributed by atoms with E-state index in [1.54, 1.807) is 17.5 Å². The van der Waals surface area contributed by atoms with Crippen molar-refractivity contribution in [2.45, 2.75) is 39.5 Å². The largest absolute Gasteiger partial charge is 0.306 e. The maximum Gasteiger partial charge on any atom is 0.266 e. The van der Waals surface area contributed by atoms with Crippen LogP contribution in [-0.4, -0.2) is 16.1 Å². The molecule has 106 valence electrons. The summed E-state index contributed by atoms with van der Waals surface area (Å²) in [6.45, 7) is 4.17. The highest BCUT2D eigenvalue weighted by molar-refractivity contribution is 7.14. The Kier molecular flexibility index (Phi) is 3.61. The van der Waals surface area contributed by atoms with E-state index in [0.29, 0.717) is 5.82 Å². The van der Waals surface area contributed by atoms with E-state index in [0.717, 1.165) is 29.2 Å². The van der Waals surface area contributed by atoms with E-state index in [2.05, 4.69) is 28.5 Å². The molecule has 2 aromatic rings. The van der Waals surface area contributed by atoms with Crippen molar-refractivity contribution in [2.75, 3.05) is 5.32 Å². The molecule has 0 spiro atoms. The monoisotopic (exact) mass is 289 g/mol. The zero-order valence-electron chi connectivity index (χ0n) is 11.8. The SMILES string of the molecule is CCC1CCc2sc(C(=O)Nc3[nH]ncc3C)cc2C1. The van der Waals surface area contributed by atoms with Gasteiger partial charge in [0.15, 0.2) is 0 Å². The van der Waals surface area contributed by atoms with Gasteiger partial charge in [0.2, 0.25) is 0 Å². The minimum Gasteiger partial charge on any atom is -0.306 e. The first-order valence-corrected chi connectivity index (χ1v) is 7.92. The van der Waals surface area contributed by atoms with Crippen molar-refractivity contribution in [3.05, 3.63) is 33.1 Å². The van der Waals surface area contributed by atoms with Crippen LogP contribution in [0.1, 0.15) is 45.4 Å². The second-order valence-corrected chi connectivity index (χ2v) is 6.60. The van der Waals surface area contributed by atoms with Gasteiger partial charge in [0, 0.05) is 10.4 Å². The normalized spacial score (nSPS) is 17.8. The molecule has 0 saturated heterocycles. The standard InChI is InChI=1S/C15H19N3OS/c1-3-10-4-5-12-11(6-10)7-13(20-12)15(19)17-14-9(2)8-16-18-14/h7-8,10H,3-6H2,1-2H3,(H2,16,17,18,19). The molecule has 0 aromatic carbocycles. The molecule has 0 saturated carbocycles. The number of carbonyl (C=O) groups excluding carboxylic acids is 1. The quantitative estimate of drug-likeness (QED) is 0.908. The van der Waals surface area contributed by atoms with Crippen LogP contribution in [0.5, 0.6) is 0 Å². The Balaban J connectivity index is 1.77. The third-order valence-electron chi connectivity index (χ3n) is 4.05. The number of H-pyrrole nitrogens is 1. The lowest BCUT2D eigenvalue weighted by Crippen LogP contribution is -2.11. The molecule has 0 radical (unpaired) electrons. The lowest BCUT2D eigenvalue weighted by Gasteiger charge is -2.19. The summed E-state index contributed by atoms with van der Waals surface area (Å²) in [5.74, 6) is 1.43. The Morgan fingerprint density at radius 2 is 2.45 bits per heavy atom. The molecule has 1 amide bonds. The number of anilines is 1. The topological polar surface area (TPSA) is 57.8 Å². The number of rotatable bonds is 3. The first kappa shape index (κ1) is 13.4. The number of aromatic nitrogens is 2. The van der Waals surface area contributed by atoms with E-state index in [1.807, 2.05) is 6.92 Å².